The van der Waals surface area contributed by atoms with Crippen molar-refractivity contribution in [3.8, 4) is 11.5 Å². The zero-order valence-electron chi connectivity index (χ0n) is 10.3. The van der Waals surface area contributed by atoms with Crippen LogP contribution in [0.4, 0.5) is 5.69 Å². The summed E-state index contributed by atoms with van der Waals surface area (Å²) in [4.78, 5) is 4.33. The van der Waals surface area contributed by atoms with Crippen LogP contribution in [0.25, 0.3) is 11.0 Å². The van der Waals surface area contributed by atoms with Gasteiger partial charge in [-0.05, 0) is 30.3 Å². The monoisotopic (exact) mass is 273 g/mol. The molecule has 1 aromatic heterocycles. The number of anilines is 1. The van der Waals surface area contributed by atoms with Gasteiger partial charge in [0.2, 0.25) is 0 Å². The van der Waals surface area contributed by atoms with Gasteiger partial charge in [-0.15, -0.1) is 0 Å². The van der Waals surface area contributed by atoms with Gasteiger partial charge >= 0.3 is 0 Å². The highest BCUT2D eigenvalue weighted by atomic mass is 35.5. The Morgan fingerprint density at radius 1 is 1.21 bits per heavy atom. The number of fused-ring (bicyclic) bond motifs is 1. The molecule has 1 heterocycles. The van der Waals surface area contributed by atoms with Gasteiger partial charge < -0.3 is 15.0 Å². The number of benzene rings is 2. The summed E-state index contributed by atoms with van der Waals surface area (Å²) < 4.78 is 7.76. The number of hydrogen-bond acceptors (Lipinski definition) is 3. The molecule has 0 bridgehead atoms. The highest BCUT2D eigenvalue weighted by molar-refractivity contribution is 6.32. The minimum Gasteiger partial charge on any atom is -0.453 e. The normalized spacial score (nSPS) is 10.8. The van der Waals surface area contributed by atoms with Gasteiger partial charge in [-0.25, -0.2) is 4.98 Å². The van der Waals surface area contributed by atoms with E-state index in [-0.39, 0.29) is 0 Å². The van der Waals surface area contributed by atoms with Crippen LogP contribution in [0, 0.1) is 0 Å². The van der Waals surface area contributed by atoms with Crippen LogP contribution in [0.5, 0.6) is 11.5 Å². The molecule has 3 rings (SSSR count). The van der Waals surface area contributed by atoms with Gasteiger partial charge in [0.25, 0.3) is 0 Å². The minimum atomic E-state index is 0.480. The zero-order chi connectivity index (χ0) is 13.4. The van der Waals surface area contributed by atoms with E-state index in [4.69, 9.17) is 22.1 Å². The molecule has 0 radical (unpaired) electrons. The van der Waals surface area contributed by atoms with E-state index in [9.17, 15) is 0 Å². The van der Waals surface area contributed by atoms with E-state index in [0.717, 1.165) is 11.0 Å². The van der Waals surface area contributed by atoms with Crippen molar-refractivity contribution < 1.29 is 4.74 Å². The molecule has 19 heavy (non-hydrogen) atoms. The largest absolute Gasteiger partial charge is 0.453 e. The van der Waals surface area contributed by atoms with Crippen molar-refractivity contribution in [3.63, 3.8) is 0 Å². The van der Waals surface area contributed by atoms with Gasteiger partial charge in [-0.2, -0.15) is 0 Å². The first-order valence-corrected chi connectivity index (χ1v) is 6.16. The van der Waals surface area contributed by atoms with E-state index in [1.807, 2.05) is 29.8 Å². The fourth-order valence-corrected chi connectivity index (χ4v) is 2.16. The Bertz CT molecular complexity index is 752. The average Bonchev–Trinajstić information content (AvgIpc) is 2.76. The number of aryl methyl sites for hydroxylation is 1. The van der Waals surface area contributed by atoms with E-state index in [0.29, 0.717) is 22.2 Å². The Kier molecular flexibility index (Phi) is 2.80. The first-order valence-electron chi connectivity index (χ1n) is 5.78. The van der Waals surface area contributed by atoms with Crippen LogP contribution in [0.3, 0.4) is 0 Å². The fourth-order valence-electron chi connectivity index (χ4n) is 1.93. The molecule has 0 saturated carbocycles. The van der Waals surface area contributed by atoms with Crippen molar-refractivity contribution in [3.05, 3.63) is 47.7 Å². The second-order valence-electron chi connectivity index (χ2n) is 4.27. The Labute approximate surface area is 115 Å². The molecule has 0 fully saturated rings. The van der Waals surface area contributed by atoms with Crippen molar-refractivity contribution in [2.45, 2.75) is 0 Å². The molecule has 2 N–H and O–H groups in total. The quantitative estimate of drug-likeness (QED) is 0.726. The van der Waals surface area contributed by atoms with E-state index in [1.165, 1.54) is 0 Å². The molecule has 0 aliphatic heterocycles. The molecular weight excluding hydrogens is 262 g/mol. The molecule has 0 spiro atoms. The summed E-state index contributed by atoms with van der Waals surface area (Å²) in [6, 6.07) is 10.9. The molecule has 0 saturated heterocycles. The number of para-hydroxylation sites is 1. The summed E-state index contributed by atoms with van der Waals surface area (Å²) in [5.74, 6) is 1.23. The maximum absolute atomic E-state index is 6.11. The molecule has 0 unspecified atom stereocenters. The van der Waals surface area contributed by atoms with Crippen LogP contribution in [0.1, 0.15) is 0 Å². The summed E-state index contributed by atoms with van der Waals surface area (Å²) in [7, 11) is 1.94. The summed E-state index contributed by atoms with van der Waals surface area (Å²) in [5.41, 5.74) is 8.07. The van der Waals surface area contributed by atoms with E-state index in [2.05, 4.69) is 4.98 Å². The third-order valence-electron chi connectivity index (χ3n) is 2.89. The van der Waals surface area contributed by atoms with Crippen molar-refractivity contribution >= 4 is 28.3 Å². The number of rotatable bonds is 2. The Balaban J connectivity index is 2.06. The second-order valence-corrected chi connectivity index (χ2v) is 4.68. The summed E-state index contributed by atoms with van der Waals surface area (Å²) >= 11 is 6.11. The predicted molar refractivity (Wildman–Crippen MR) is 76.7 cm³/mol. The average molecular weight is 274 g/mol. The SMILES string of the molecule is Cn1cnc2c(Oc3ccc(N)cc3Cl)cccc21. The lowest BCUT2D eigenvalue weighted by atomic mass is 10.2. The maximum Gasteiger partial charge on any atom is 0.155 e. The third kappa shape index (κ3) is 2.11. The number of ether oxygens (including phenoxy) is 1. The second kappa shape index (κ2) is 4.48. The molecule has 0 aliphatic rings. The van der Waals surface area contributed by atoms with Crippen LogP contribution >= 0.6 is 11.6 Å². The number of halogens is 1. The maximum atomic E-state index is 6.11. The number of hydrogen-bond donors (Lipinski definition) is 1. The molecule has 2 aromatic carbocycles. The van der Waals surface area contributed by atoms with E-state index < -0.39 is 0 Å². The molecule has 5 heteroatoms. The van der Waals surface area contributed by atoms with Crippen LogP contribution in [-0.4, -0.2) is 9.55 Å². The van der Waals surface area contributed by atoms with Crippen molar-refractivity contribution in [1.82, 2.24) is 9.55 Å². The van der Waals surface area contributed by atoms with Gasteiger partial charge in [0, 0.05) is 12.7 Å². The zero-order valence-corrected chi connectivity index (χ0v) is 11.1. The molecule has 4 nitrogen and oxygen atoms in total. The van der Waals surface area contributed by atoms with E-state index >= 15 is 0 Å². The topological polar surface area (TPSA) is 53.1 Å². The number of aromatic nitrogens is 2. The van der Waals surface area contributed by atoms with E-state index in [1.54, 1.807) is 24.5 Å². The van der Waals surface area contributed by atoms with Crippen LogP contribution < -0.4 is 10.5 Å². The van der Waals surface area contributed by atoms with Gasteiger partial charge in [-0.3, -0.25) is 0 Å². The number of nitrogen functional groups attached to an aromatic ring is 1. The molecular formula is C14H12ClN3O. The van der Waals surface area contributed by atoms with Crippen LogP contribution in [0.2, 0.25) is 5.02 Å². The van der Waals surface area contributed by atoms with Gasteiger partial charge in [-0.1, -0.05) is 17.7 Å². The van der Waals surface area contributed by atoms with Crippen molar-refractivity contribution in [1.29, 1.82) is 0 Å². The van der Waals surface area contributed by atoms with Crippen molar-refractivity contribution in [2.24, 2.45) is 7.05 Å². The predicted octanol–water partition coefficient (Wildman–Crippen LogP) is 3.60. The highest BCUT2D eigenvalue weighted by Crippen LogP contribution is 2.33. The summed E-state index contributed by atoms with van der Waals surface area (Å²) in [5, 5.41) is 0.480. The summed E-state index contributed by atoms with van der Waals surface area (Å²) in [6.07, 6.45) is 1.75. The molecule has 0 amide bonds. The third-order valence-corrected chi connectivity index (χ3v) is 3.19. The highest BCUT2D eigenvalue weighted by Gasteiger charge is 2.09. The first-order chi connectivity index (χ1) is 9.15. The molecule has 3 aromatic rings. The van der Waals surface area contributed by atoms with Crippen LogP contribution in [0.15, 0.2) is 42.7 Å². The van der Waals surface area contributed by atoms with Gasteiger partial charge in [0.05, 0.1) is 16.9 Å². The molecule has 0 aliphatic carbocycles. The lowest BCUT2D eigenvalue weighted by Gasteiger charge is -2.08. The fraction of sp³-hybridized carbons (Fsp3) is 0.0714. The van der Waals surface area contributed by atoms with Crippen molar-refractivity contribution in [2.75, 3.05) is 5.73 Å². The summed E-state index contributed by atoms with van der Waals surface area (Å²) in [6.45, 7) is 0. The lowest BCUT2D eigenvalue weighted by Crippen LogP contribution is -1.90. The van der Waals surface area contributed by atoms with Gasteiger partial charge in [0.1, 0.15) is 11.3 Å². The smallest absolute Gasteiger partial charge is 0.155 e. The first kappa shape index (κ1) is 11.9. The Hall–Kier alpha value is -2.20. The Morgan fingerprint density at radius 2 is 2.05 bits per heavy atom. The lowest BCUT2D eigenvalue weighted by molar-refractivity contribution is 0.487. The number of imidazole rings is 1. The molecule has 0 atom stereocenters. The standard InChI is InChI=1S/C14H12ClN3O/c1-18-8-17-14-11(18)3-2-4-13(14)19-12-6-5-9(16)7-10(12)15/h2-8H,16H2,1H3. The number of nitrogens with two attached hydrogens (primary N) is 1. The number of nitrogens with zero attached hydrogens (tertiary/aromatic N) is 2. The van der Waals surface area contributed by atoms with Gasteiger partial charge in [0.15, 0.2) is 5.75 Å². The Morgan fingerprint density at radius 3 is 2.84 bits per heavy atom. The van der Waals surface area contributed by atoms with Crippen LogP contribution in [-0.2, 0) is 7.05 Å². The molecule has 96 valence electrons. The minimum absolute atomic E-state index is 0.480.